The van der Waals surface area contributed by atoms with Gasteiger partial charge in [-0.2, -0.15) is 0 Å². The molecule has 378 valence electrons. The van der Waals surface area contributed by atoms with E-state index in [1.807, 2.05) is 0 Å². The van der Waals surface area contributed by atoms with E-state index in [1.165, 1.54) is 0 Å². The van der Waals surface area contributed by atoms with E-state index in [0.29, 0.717) is 19.3 Å². The van der Waals surface area contributed by atoms with Crippen molar-refractivity contribution in [3.05, 3.63) is 85.1 Å². The predicted molar refractivity (Wildman–Crippen MR) is 270 cm³/mol. The SMILES string of the molecule is CC/C=C\C/C=C\C/C=C\CCCCCC(=O)OC(COC(=O)CCCCCCC/C=C\C/C=C\CCC)COP(=O)(O)OCC(CO)OC(=O)CCCCCCC/C=C\C/C=C\CCC. The fourth-order valence-corrected chi connectivity index (χ4v) is 7.17. The first-order chi connectivity index (χ1) is 32.2. The maximum Gasteiger partial charge on any atom is 0.472 e. The van der Waals surface area contributed by atoms with Crippen molar-refractivity contribution in [2.45, 2.75) is 213 Å². The highest BCUT2D eigenvalue weighted by atomic mass is 31.2. The number of aliphatic hydroxyl groups excluding tert-OH is 1. The van der Waals surface area contributed by atoms with Crippen LogP contribution in [-0.4, -0.2) is 66.5 Å². The number of allylic oxidation sites excluding steroid dienone is 14. The maximum absolute atomic E-state index is 12.8. The lowest BCUT2D eigenvalue weighted by Crippen LogP contribution is -2.30. The van der Waals surface area contributed by atoms with E-state index < -0.39 is 57.8 Å². The number of hydrogen-bond acceptors (Lipinski definition) is 10. The normalized spacial score (nSPS) is 14.2. The van der Waals surface area contributed by atoms with Gasteiger partial charge >= 0.3 is 25.7 Å². The summed E-state index contributed by atoms with van der Waals surface area (Å²) in [6, 6.07) is 0. The van der Waals surface area contributed by atoms with Gasteiger partial charge in [0.2, 0.25) is 0 Å². The summed E-state index contributed by atoms with van der Waals surface area (Å²) < 4.78 is 39.3. The molecule has 0 fully saturated rings. The van der Waals surface area contributed by atoms with Crippen molar-refractivity contribution in [1.29, 1.82) is 0 Å². The zero-order chi connectivity index (χ0) is 48.4. The zero-order valence-corrected chi connectivity index (χ0v) is 42.3. The van der Waals surface area contributed by atoms with E-state index in [-0.39, 0.29) is 25.9 Å². The minimum atomic E-state index is -4.76. The van der Waals surface area contributed by atoms with Gasteiger partial charge in [0.15, 0.2) is 6.10 Å². The molecule has 12 heteroatoms. The van der Waals surface area contributed by atoms with Crippen LogP contribution in [-0.2, 0) is 42.2 Å². The molecular weight excluding hydrogens is 856 g/mol. The zero-order valence-electron chi connectivity index (χ0n) is 41.4. The summed E-state index contributed by atoms with van der Waals surface area (Å²) in [6.07, 6.45) is 52.7. The van der Waals surface area contributed by atoms with Gasteiger partial charge in [0, 0.05) is 19.3 Å². The lowest BCUT2D eigenvalue weighted by Gasteiger charge is -2.21. The van der Waals surface area contributed by atoms with Gasteiger partial charge in [-0.3, -0.25) is 23.4 Å². The second-order valence-electron chi connectivity index (χ2n) is 16.6. The summed E-state index contributed by atoms with van der Waals surface area (Å²) >= 11 is 0. The van der Waals surface area contributed by atoms with Crippen LogP contribution >= 0.6 is 7.82 Å². The number of rotatable bonds is 46. The smallest absolute Gasteiger partial charge is 0.462 e. The summed E-state index contributed by atoms with van der Waals surface area (Å²) in [4.78, 5) is 48.2. The number of esters is 3. The number of aliphatic hydroxyl groups is 1. The molecule has 0 aromatic carbocycles. The van der Waals surface area contributed by atoms with Crippen LogP contribution in [0.2, 0.25) is 0 Å². The van der Waals surface area contributed by atoms with E-state index in [9.17, 15) is 28.9 Å². The predicted octanol–water partition coefficient (Wildman–Crippen LogP) is 14.4. The summed E-state index contributed by atoms with van der Waals surface area (Å²) in [6.45, 7) is 4.30. The first-order valence-electron chi connectivity index (χ1n) is 25.5. The number of phosphoric acid groups is 1. The van der Waals surface area contributed by atoms with Crippen molar-refractivity contribution in [2.75, 3.05) is 26.4 Å². The summed E-state index contributed by atoms with van der Waals surface area (Å²) in [5, 5.41) is 9.76. The van der Waals surface area contributed by atoms with Gasteiger partial charge in [-0.25, -0.2) is 4.57 Å². The Bertz CT molecular complexity index is 1430. The quantitative estimate of drug-likeness (QED) is 0.0197. The molecule has 0 amide bonds. The second kappa shape index (κ2) is 48.1. The second-order valence-corrected chi connectivity index (χ2v) is 18.0. The molecule has 66 heavy (non-hydrogen) atoms. The van der Waals surface area contributed by atoms with Crippen molar-refractivity contribution >= 4 is 25.7 Å². The number of ether oxygens (including phenoxy) is 3. The molecule has 0 saturated carbocycles. The molecule has 0 saturated heterocycles. The molecule has 11 nitrogen and oxygen atoms in total. The molecular formula is C54H91O11P. The number of carbonyl (C=O) groups is 3. The van der Waals surface area contributed by atoms with Crippen LogP contribution in [0.15, 0.2) is 85.1 Å². The molecule has 0 heterocycles. The first kappa shape index (κ1) is 62.7. The van der Waals surface area contributed by atoms with Crippen LogP contribution in [0, 0.1) is 0 Å². The van der Waals surface area contributed by atoms with Crippen molar-refractivity contribution in [3.63, 3.8) is 0 Å². The molecule has 3 atom stereocenters. The fraction of sp³-hybridized carbons (Fsp3) is 0.685. The molecule has 0 bridgehead atoms. The Morgan fingerprint density at radius 3 is 1.23 bits per heavy atom. The standard InChI is InChI=1S/C54H91O11P/c1-4-7-10-13-16-19-22-25-28-31-34-37-40-43-52(56)61-47-51(65-54(58)45-42-39-36-33-30-27-24-21-18-15-12-9-6-3)49-63-66(59,60)62-48-50(46-55)64-53(57)44-41-38-35-32-29-26-23-20-17-14-11-8-5-2/h9-14,18-23,27,30,50-51,55H,4-8,15-17,24-26,28-29,31-49H2,1-3H3,(H,59,60)/b12-9-,13-10-,14-11-,21-18-,22-19-,23-20-,30-27-. The molecule has 0 aliphatic heterocycles. The van der Waals surface area contributed by atoms with E-state index >= 15 is 0 Å². The Morgan fingerprint density at radius 1 is 0.439 bits per heavy atom. The molecule has 0 radical (unpaired) electrons. The van der Waals surface area contributed by atoms with Gasteiger partial charge in [0.1, 0.15) is 12.7 Å². The van der Waals surface area contributed by atoms with Crippen molar-refractivity contribution in [1.82, 2.24) is 0 Å². The van der Waals surface area contributed by atoms with E-state index in [0.717, 1.165) is 141 Å². The molecule has 0 aliphatic rings. The van der Waals surface area contributed by atoms with Gasteiger partial charge in [0.05, 0.1) is 19.8 Å². The lowest BCUT2D eigenvalue weighted by molar-refractivity contribution is -0.161. The van der Waals surface area contributed by atoms with Crippen LogP contribution < -0.4 is 0 Å². The number of carbonyl (C=O) groups excluding carboxylic acids is 3. The number of hydrogen-bond donors (Lipinski definition) is 2. The molecule has 0 aliphatic carbocycles. The van der Waals surface area contributed by atoms with Crippen LogP contribution in [0.4, 0.5) is 0 Å². The molecule has 3 unspecified atom stereocenters. The summed E-state index contributed by atoms with van der Waals surface area (Å²) in [7, 11) is -4.76. The van der Waals surface area contributed by atoms with Gasteiger partial charge < -0.3 is 24.2 Å². The monoisotopic (exact) mass is 947 g/mol. The van der Waals surface area contributed by atoms with E-state index in [1.54, 1.807) is 0 Å². The average molecular weight is 947 g/mol. The molecule has 0 rings (SSSR count). The Hall–Kier alpha value is -3.34. The van der Waals surface area contributed by atoms with Crippen molar-refractivity contribution in [2.24, 2.45) is 0 Å². The van der Waals surface area contributed by atoms with E-state index in [4.69, 9.17) is 23.3 Å². The molecule has 0 spiro atoms. The topological polar surface area (TPSA) is 155 Å². The highest BCUT2D eigenvalue weighted by Gasteiger charge is 2.28. The third-order valence-electron chi connectivity index (χ3n) is 10.2. The highest BCUT2D eigenvalue weighted by Crippen LogP contribution is 2.43. The lowest BCUT2D eigenvalue weighted by atomic mass is 10.1. The minimum absolute atomic E-state index is 0.125. The number of unbranched alkanes of at least 4 members (excludes halogenated alkanes) is 15. The Morgan fingerprint density at radius 2 is 0.788 bits per heavy atom. The van der Waals surface area contributed by atoms with Crippen LogP contribution in [0.5, 0.6) is 0 Å². The van der Waals surface area contributed by atoms with Gasteiger partial charge in [0.25, 0.3) is 0 Å². The first-order valence-corrected chi connectivity index (χ1v) is 27.0. The Balaban J connectivity index is 4.81. The average Bonchev–Trinajstić information content (AvgIpc) is 3.30. The van der Waals surface area contributed by atoms with Gasteiger partial charge in [-0.15, -0.1) is 0 Å². The third kappa shape index (κ3) is 45.8. The molecule has 2 N–H and O–H groups in total. The number of phosphoric ester groups is 1. The van der Waals surface area contributed by atoms with Gasteiger partial charge in [-0.05, 0) is 103 Å². The highest BCUT2D eigenvalue weighted by molar-refractivity contribution is 7.47. The third-order valence-corrected chi connectivity index (χ3v) is 11.2. The van der Waals surface area contributed by atoms with Crippen LogP contribution in [0.25, 0.3) is 0 Å². The Labute approximate surface area is 400 Å². The molecule has 0 aromatic heterocycles. The van der Waals surface area contributed by atoms with E-state index in [2.05, 4.69) is 106 Å². The van der Waals surface area contributed by atoms with Crippen LogP contribution in [0.3, 0.4) is 0 Å². The molecule has 0 aromatic rings. The summed E-state index contributed by atoms with van der Waals surface area (Å²) in [5.74, 6) is -1.54. The largest absolute Gasteiger partial charge is 0.472 e. The van der Waals surface area contributed by atoms with Crippen molar-refractivity contribution < 1.29 is 52.2 Å². The van der Waals surface area contributed by atoms with Crippen molar-refractivity contribution in [3.8, 4) is 0 Å². The van der Waals surface area contributed by atoms with Crippen LogP contribution in [0.1, 0.15) is 201 Å². The maximum atomic E-state index is 12.8. The summed E-state index contributed by atoms with van der Waals surface area (Å²) in [5.41, 5.74) is 0. The fourth-order valence-electron chi connectivity index (χ4n) is 6.39. The Kier molecular flexibility index (Phi) is 45.7. The van der Waals surface area contributed by atoms with Gasteiger partial charge in [-0.1, -0.05) is 164 Å². The minimum Gasteiger partial charge on any atom is -0.462 e.